The van der Waals surface area contributed by atoms with E-state index in [1.807, 2.05) is 18.2 Å². The molecule has 2 heteroatoms. The largest absolute Gasteiger partial charge is 0.493 e. The van der Waals surface area contributed by atoms with E-state index in [1.165, 1.54) is 32.1 Å². The van der Waals surface area contributed by atoms with Gasteiger partial charge < -0.3 is 9.47 Å². The molecule has 1 aromatic carbocycles. The second-order valence-corrected chi connectivity index (χ2v) is 3.95. The molecule has 0 bridgehead atoms. The first-order valence-electron chi connectivity index (χ1n) is 5.61. The fourth-order valence-electron chi connectivity index (χ4n) is 2.02. The highest BCUT2D eigenvalue weighted by Crippen LogP contribution is 2.30. The first-order chi connectivity index (χ1) is 7.40. The van der Waals surface area contributed by atoms with Crippen LogP contribution in [0.4, 0.5) is 0 Å². The van der Waals surface area contributed by atoms with Gasteiger partial charge >= 0.3 is 0 Å². The predicted molar refractivity (Wildman–Crippen MR) is 59.3 cm³/mol. The van der Waals surface area contributed by atoms with Crippen LogP contribution in [0.5, 0.6) is 11.5 Å². The Morgan fingerprint density at radius 2 is 2.00 bits per heavy atom. The van der Waals surface area contributed by atoms with Crippen LogP contribution >= 0.6 is 0 Å². The molecular formula is C13H17O2. The zero-order valence-corrected chi connectivity index (χ0v) is 9.16. The molecule has 1 fully saturated rings. The van der Waals surface area contributed by atoms with E-state index in [-0.39, 0.29) is 0 Å². The van der Waals surface area contributed by atoms with Crippen LogP contribution in [-0.2, 0) is 0 Å². The fourth-order valence-corrected chi connectivity index (χ4v) is 2.02. The number of hydrogen-bond acceptors (Lipinski definition) is 2. The number of methoxy groups -OCH3 is 1. The molecule has 0 amide bonds. The maximum atomic E-state index is 5.93. The summed E-state index contributed by atoms with van der Waals surface area (Å²) in [4.78, 5) is 0. The minimum atomic E-state index is 0.370. The summed E-state index contributed by atoms with van der Waals surface area (Å²) in [6.07, 6.45) is 6.62. The van der Waals surface area contributed by atoms with Crippen molar-refractivity contribution in [3.63, 3.8) is 0 Å². The molecule has 0 N–H and O–H groups in total. The molecule has 81 valence electrons. The van der Waals surface area contributed by atoms with Crippen molar-refractivity contribution in [1.82, 2.24) is 0 Å². The third-order valence-electron chi connectivity index (χ3n) is 2.85. The van der Waals surface area contributed by atoms with Crippen LogP contribution < -0.4 is 9.47 Å². The summed E-state index contributed by atoms with van der Waals surface area (Å²) in [6.45, 7) is 0. The average Bonchev–Trinajstić information content (AvgIpc) is 2.31. The molecule has 2 nitrogen and oxygen atoms in total. The smallest absolute Gasteiger partial charge is 0.161 e. The Labute approximate surface area is 91.2 Å². The van der Waals surface area contributed by atoms with Gasteiger partial charge in [0.1, 0.15) is 0 Å². The van der Waals surface area contributed by atoms with Gasteiger partial charge in [-0.1, -0.05) is 12.5 Å². The molecule has 15 heavy (non-hydrogen) atoms. The maximum Gasteiger partial charge on any atom is 0.161 e. The highest BCUT2D eigenvalue weighted by Gasteiger charge is 2.16. The van der Waals surface area contributed by atoms with E-state index in [9.17, 15) is 0 Å². The molecule has 2 rings (SSSR count). The molecule has 1 aromatic rings. The number of benzene rings is 1. The van der Waals surface area contributed by atoms with Gasteiger partial charge in [-0.3, -0.25) is 0 Å². The molecule has 0 atom stereocenters. The molecular weight excluding hydrogens is 188 g/mol. The second-order valence-electron chi connectivity index (χ2n) is 3.95. The van der Waals surface area contributed by atoms with Crippen LogP contribution in [0.15, 0.2) is 18.2 Å². The van der Waals surface area contributed by atoms with Gasteiger partial charge in [-0.2, -0.15) is 0 Å². The Balaban J connectivity index is 2.02. The summed E-state index contributed by atoms with van der Waals surface area (Å²) in [5, 5.41) is 0. The van der Waals surface area contributed by atoms with Crippen LogP contribution in [0.25, 0.3) is 0 Å². The molecule has 1 aliphatic rings. The monoisotopic (exact) mass is 205 g/mol. The number of hydrogen-bond donors (Lipinski definition) is 0. The van der Waals surface area contributed by atoms with Crippen molar-refractivity contribution < 1.29 is 9.47 Å². The van der Waals surface area contributed by atoms with E-state index >= 15 is 0 Å². The summed E-state index contributed by atoms with van der Waals surface area (Å²) >= 11 is 0. The zero-order chi connectivity index (χ0) is 10.5. The van der Waals surface area contributed by atoms with Gasteiger partial charge in [-0.25, -0.2) is 0 Å². The van der Waals surface area contributed by atoms with Gasteiger partial charge in [0.15, 0.2) is 11.5 Å². The summed E-state index contributed by atoms with van der Waals surface area (Å²) < 4.78 is 11.2. The topological polar surface area (TPSA) is 18.5 Å². The lowest BCUT2D eigenvalue weighted by Gasteiger charge is -2.23. The van der Waals surface area contributed by atoms with Gasteiger partial charge in [-0.15, -0.1) is 0 Å². The first kappa shape index (κ1) is 10.3. The Hall–Kier alpha value is -1.18. The van der Waals surface area contributed by atoms with Crippen LogP contribution in [-0.4, -0.2) is 13.2 Å². The molecule has 0 aliphatic heterocycles. The summed E-state index contributed by atoms with van der Waals surface area (Å²) in [5.41, 5.74) is 0. The van der Waals surface area contributed by atoms with Crippen LogP contribution in [0.3, 0.4) is 0 Å². The van der Waals surface area contributed by atoms with Crippen LogP contribution in [0, 0.1) is 6.07 Å². The molecule has 0 saturated heterocycles. The Kier molecular flexibility index (Phi) is 3.49. The van der Waals surface area contributed by atoms with Crippen molar-refractivity contribution >= 4 is 0 Å². The van der Waals surface area contributed by atoms with E-state index in [0.717, 1.165) is 11.5 Å². The van der Waals surface area contributed by atoms with Crippen molar-refractivity contribution in [2.75, 3.05) is 7.11 Å². The van der Waals surface area contributed by atoms with E-state index in [4.69, 9.17) is 9.47 Å². The SMILES string of the molecule is COc1c[c]ccc1OC1CCCCC1. The van der Waals surface area contributed by atoms with Crippen molar-refractivity contribution in [3.8, 4) is 11.5 Å². The number of rotatable bonds is 3. The van der Waals surface area contributed by atoms with Gasteiger partial charge in [-0.05, 0) is 43.9 Å². The standard InChI is InChI=1S/C13H17O2/c1-14-12-9-5-6-10-13(12)15-11-7-3-2-4-8-11/h6,9-11H,2-4,7-8H2,1H3. The average molecular weight is 205 g/mol. The highest BCUT2D eigenvalue weighted by molar-refractivity contribution is 5.39. The van der Waals surface area contributed by atoms with Crippen molar-refractivity contribution in [2.45, 2.75) is 38.2 Å². The predicted octanol–water partition coefficient (Wildman–Crippen LogP) is 3.21. The van der Waals surface area contributed by atoms with Gasteiger partial charge in [0.2, 0.25) is 0 Å². The Bertz CT molecular complexity index is 303. The van der Waals surface area contributed by atoms with E-state index in [0.29, 0.717) is 6.10 Å². The third-order valence-corrected chi connectivity index (χ3v) is 2.85. The van der Waals surface area contributed by atoms with Crippen molar-refractivity contribution in [3.05, 3.63) is 24.3 Å². The molecule has 0 heterocycles. The van der Waals surface area contributed by atoms with Gasteiger partial charge in [0.25, 0.3) is 0 Å². The minimum absolute atomic E-state index is 0.370. The highest BCUT2D eigenvalue weighted by atomic mass is 16.5. The van der Waals surface area contributed by atoms with Crippen LogP contribution in [0.1, 0.15) is 32.1 Å². The maximum absolute atomic E-state index is 5.93. The third kappa shape index (κ3) is 2.65. The quantitative estimate of drug-likeness (QED) is 0.754. The summed E-state index contributed by atoms with van der Waals surface area (Å²) in [7, 11) is 1.66. The molecule has 1 saturated carbocycles. The normalized spacial score (nSPS) is 17.4. The van der Waals surface area contributed by atoms with Crippen molar-refractivity contribution in [1.29, 1.82) is 0 Å². The van der Waals surface area contributed by atoms with E-state index in [2.05, 4.69) is 6.07 Å². The molecule has 1 radical (unpaired) electrons. The fraction of sp³-hybridized carbons (Fsp3) is 0.538. The molecule has 0 unspecified atom stereocenters. The van der Waals surface area contributed by atoms with Gasteiger partial charge in [0, 0.05) is 0 Å². The lowest BCUT2D eigenvalue weighted by molar-refractivity contribution is 0.149. The summed E-state index contributed by atoms with van der Waals surface area (Å²) in [5.74, 6) is 1.63. The first-order valence-corrected chi connectivity index (χ1v) is 5.61. The minimum Gasteiger partial charge on any atom is -0.493 e. The molecule has 1 aliphatic carbocycles. The molecule has 0 spiro atoms. The second kappa shape index (κ2) is 5.06. The summed E-state index contributed by atoms with van der Waals surface area (Å²) in [6, 6.07) is 8.59. The van der Waals surface area contributed by atoms with E-state index < -0.39 is 0 Å². The Morgan fingerprint density at radius 1 is 1.20 bits per heavy atom. The van der Waals surface area contributed by atoms with Crippen molar-refractivity contribution in [2.24, 2.45) is 0 Å². The van der Waals surface area contributed by atoms with E-state index in [1.54, 1.807) is 7.11 Å². The zero-order valence-electron chi connectivity index (χ0n) is 9.16. The number of ether oxygens (including phenoxy) is 2. The lowest BCUT2D eigenvalue weighted by Crippen LogP contribution is -2.19. The molecule has 0 aromatic heterocycles. The Morgan fingerprint density at radius 3 is 2.73 bits per heavy atom. The lowest BCUT2D eigenvalue weighted by atomic mass is 9.98. The van der Waals surface area contributed by atoms with Gasteiger partial charge in [0.05, 0.1) is 13.2 Å². The van der Waals surface area contributed by atoms with Crippen LogP contribution in [0.2, 0.25) is 0 Å².